The molecule has 0 unspecified atom stereocenters. The highest BCUT2D eigenvalue weighted by Crippen LogP contribution is 2.30. The normalized spacial score (nSPS) is 12.4. The van der Waals surface area contributed by atoms with Crippen molar-refractivity contribution in [3.8, 4) is 11.1 Å². The topological polar surface area (TPSA) is 20.2 Å². The van der Waals surface area contributed by atoms with Crippen molar-refractivity contribution in [3.05, 3.63) is 59.1 Å². The van der Waals surface area contributed by atoms with Gasteiger partial charge in [-0.15, -0.1) is 0 Å². The van der Waals surface area contributed by atoms with E-state index >= 15 is 0 Å². The Labute approximate surface area is 100 Å². The van der Waals surface area contributed by atoms with Crippen LogP contribution in [-0.4, -0.2) is 5.11 Å². The molecule has 1 nitrogen and oxygen atoms in total. The Balaban J connectivity index is 2.58. The Hall–Kier alpha value is -1.31. The van der Waals surface area contributed by atoms with Gasteiger partial charge in [-0.25, -0.2) is 0 Å². The summed E-state index contributed by atoms with van der Waals surface area (Å²) in [6, 6.07) is 15.5. The second-order valence-corrected chi connectivity index (χ2v) is 4.21. The standard InChI is InChI=1S/C14H13ClO/c1-10(16)13-8-7-12(15)9-14(13)11-5-3-2-4-6-11/h2-10,16H,1H3/t10-/m0/s1. The average molecular weight is 233 g/mol. The van der Waals surface area contributed by atoms with Crippen molar-refractivity contribution in [2.45, 2.75) is 13.0 Å². The second-order valence-electron chi connectivity index (χ2n) is 3.77. The third-order valence-electron chi connectivity index (χ3n) is 2.55. The fraction of sp³-hybridized carbons (Fsp3) is 0.143. The summed E-state index contributed by atoms with van der Waals surface area (Å²) in [6.07, 6.45) is -0.493. The molecule has 2 heteroatoms. The molecule has 0 aliphatic rings. The summed E-state index contributed by atoms with van der Waals surface area (Å²) in [5.74, 6) is 0. The van der Waals surface area contributed by atoms with E-state index in [9.17, 15) is 5.11 Å². The molecule has 0 saturated heterocycles. The molecule has 1 atom stereocenters. The number of hydrogen-bond acceptors (Lipinski definition) is 1. The molecule has 0 saturated carbocycles. The van der Waals surface area contributed by atoms with Crippen LogP contribution in [0.5, 0.6) is 0 Å². The molecule has 1 N–H and O–H groups in total. The van der Waals surface area contributed by atoms with Gasteiger partial charge in [0, 0.05) is 5.02 Å². The van der Waals surface area contributed by atoms with Crippen LogP contribution in [0, 0.1) is 0 Å². The first-order valence-corrected chi connectivity index (χ1v) is 5.59. The van der Waals surface area contributed by atoms with Crippen LogP contribution >= 0.6 is 11.6 Å². The van der Waals surface area contributed by atoms with E-state index in [2.05, 4.69) is 0 Å². The van der Waals surface area contributed by atoms with Gasteiger partial charge in [-0.3, -0.25) is 0 Å². The van der Waals surface area contributed by atoms with Gasteiger partial charge >= 0.3 is 0 Å². The summed E-state index contributed by atoms with van der Waals surface area (Å²) in [4.78, 5) is 0. The molecule has 2 aromatic rings. The summed E-state index contributed by atoms with van der Waals surface area (Å²) in [7, 11) is 0. The lowest BCUT2D eigenvalue weighted by Crippen LogP contribution is -1.94. The van der Waals surface area contributed by atoms with Crippen molar-refractivity contribution in [2.24, 2.45) is 0 Å². The molecule has 82 valence electrons. The van der Waals surface area contributed by atoms with E-state index in [1.807, 2.05) is 42.5 Å². The van der Waals surface area contributed by atoms with Crippen molar-refractivity contribution in [1.29, 1.82) is 0 Å². The lowest BCUT2D eigenvalue weighted by molar-refractivity contribution is 0.200. The van der Waals surface area contributed by atoms with Crippen LogP contribution in [0.25, 0.3) is 11.1 Å². The molecule has 0 bridgehead atoms. The number of hydrogen-bond donors (Lipinski definition) is 1. The largest absolute Gasteiger partial charge is 0.389 e. The van der Waals surface area contributed by atoms with E-state index in [4.69, 9.17) is 11.6 Å². The highest BCUT2D eigenvalue weighted by molar-refractivity contribution is 6.30. The summed E-state index contributed by atoms with van der Waals surface area (Å²) in [6.45, 7) is 1.76. The third kappa shape index (κ3) is 2.26. The van der Waals surface area contributed by atoms with Crippen LogP contribution in [0.15, 0.2) is 48.5 Å². The second kappa shape index (κ2) is 4.69. The highest BCUT2D eigenvalue weighted by atomic mass is 35.5. The van der Waals surface area contributed by atoms with Crippen LogP contribution in [-0.2, 0) is 0 Å². The van der Waals surface area contributed by atoms with Gasteiger partial charge in [-0.2, -0.15) is 0 Å². The van der Waals surface area contributed by atoms with Crippen LogP contribution in [0.1, 0.15) is 18.6 Å². The fourth-order valence-electron chi connectivity index (χ4n) is 1.76. The van der Waals surface area contributed by atoms with Gasteiger partial charge in [0.2, 0.25) is 0 Å². The minimum Gasteiger partial charge on any atom is -0.389 e. The molecular weight excluding hydrogens is 220 g/mol. The highest BCUT2D eigenvalue weighted by Gasteiger charge is 2.09. The van der Waals surface area contributed by atoms with Gasteiger partial charge in [-0.05, 0) is 35.7 Å². The monoisotopic (exact) mass is 232 g/mol. The molecule has 0 aliphatic heterocycles. The van der Waals surface area contributed by atoms with E-state index in [1.165, 1.54) is 0 Å². The van der Waals surface area contributed by atoms with Crippen LogP contribution in [0.3, 0.4) is 0 Å². The maximum absolute atomic E-state index is 9.71. The quantitative estimate of drug-likeness (QED) is 0.828. The lowest BCUT2D eigenvalue weighted by atomic mass is 9.97. The minimum absolute atomic E-state index is 0.493. The molecule has 0 fully saturated rings. The molecule has 16 heavy (non-hydrogen) atoms. The Bertz CT molecular complexity index is 477. The molecule has 0 radical (unpaired) electrons. The van der Waals surface area contributed by atoms with Crippen molar-refractivity contribution < 1.29 is 5.11 Å². The number of halogens is 1. The SMILES string of the molecule is C[C@H](O)c1ccc(Cl)cc1-c1ccccc1. The summed E-state index contributed by atoms with van der Waals surface area (Å²) in [5, 5.41) is 10.4. The molecule has 0 aliphatic carbocycles. The van der Waals surface area contributed by atoms with E-state index < -0.39 is 6.10 Å². The average Bonchev–Trinajstić information content (AvgIpc) is 2.29. The molecule has 0 aromatic heterocycles. The molecule has 0 amide bonds. The minimum atomic E-state index is -0.493. The summed E-state index contributed by atoms with van der Waals surface area (Å²) >= 11 is 5.99. The Kier molecular flexibility index (Phi) is 3.28. The van der Waals surface area contributed by atoms with E-state index in [0.29, 0.717) is 5.02 Å². The Morgan fingerprint density at radius 3 is 2.38 bits per heavy atom. The number of benzene rings is 2. The van der Waals surface area contributed by atoms with Crippen molar-refractivity contribution in [2.75, 3.05) is 0 Å². The maximum atomic E-state index is 9.71. The molecule has 0 spiro atoms. The first-order chi connectivity index (χ1) is 7.68. The van der Waals surface area contributed by atoms with Gasteiger partial charge in [0.25, 0.3) is 0 Å². The summed E-state index contributed by atoms with van der Waals surface area (Å²) < 4.78 is 0. The summed E-state index contributed by atoms with van der Waals surface area (Å²) in [5.41, 5.74) is 2.96. The molecule has 2 rings (SSSR count). The lowest BCUT2D eigenvalue weighted by Gasteiger charge is -2.12. The van der Waals surface area contributed by atoms with Crippen molar-refractivity contribution in [3.63, 3.8) is 0 Å². The van der Waals surface area contributed by atoms with E-state index in [0.717, 1.165) is 16.7 Å². The first kappa shape index (κ1) is 11.2. The Morgan fingerprint density at radius 2 is 1.75 bits per heavy atom. The molecule has 0 heterocycles. The Morgan fingerprint density at radius 1 is 1.06 bits per heavy atom. The van der Waals surface area contributed by atoms with E-state index in [-0.39, 0.29) is 0 Å². The predicted molar refractivity (Wildman–Crippen MR) is 67.5 cm³/mol. The van der Waals surface area contributed by atoms with Crippen LogP contribution in [0.4, 0.5) is 0 Å². The smallest absolute Gasteiger partial charge is 0.0767 e. The van der Waals surface area contributed by atoms with Crippen molar-refractivity contribution in [1.82, 2.24) is 0 Å². The fourth-order valence-corrected chi connectivity index (χ4v) is 1.93. The van der Waals surface area contributed by atoms with Gasteiger partial charge in [-0.1, -0.05) is 48.0 Å². The zero-order valence-electron chi connectivity index (χ0n) is 9.02. The maximum Gasteiger partial charge on any atom is 0.0767 e. The van der Waals surface area contributed by atoms with Gasteiger partial charge < -0.3 is 5.11 Å². The van der Waals surface area contributed by atoms with Crippen LogP contribution < -0.4 is 0 Å². The number of aliphatic hydroxyl groups is 1. The first-order valence-electron chi connectivity index (χ1n) is 5.21. The number of aliphatic hydroxyl groups excluding tert-OH is 1. The third-order valence-corrected chi connectivity index (χ3v) is 2.79. The molecular formula is C14H13ClO. The molecule has 2 aromatic carbocycles. The zero-order valence-corrected chi connectivity index (χ0v) is 9.78. The van der Waals surface area contributed by atoms with Gasteiger partial charge in [0.1, 0.15) is 0 Å². The van der Waals surface area contributed by atoms with Gasteiger partial charge in [0.15, 0.2) is 0 Å². The van der Waals surface area contributed by atoms with Crippen LogP contribution in [0.2, 0.25) is 5.02 Å². The predicted octanol–water partition coefficient (Wildman–Crippen LogP) is 4.06. The van der Waals surface area contributed by atoms with Gasteiger partial charge in [0.05, 0.1) is 6.10 Å². The van der Waals surface area contributed by atoms with E-state index in [1.54, 1.807) is 13.0 Å². The van der Waals surface area contributed by atoms with Crippen molar-refractivity contribution >= 4 is 11.6 Å². The number of rotatable bonds is 2. The zero-order chi connectivity index (χ0) is 11.5.